The molecule has 0 N–H and O–H groups in total. The van der Waals surface area contributed by atoms with Crippen LogP contribution in [0, 0.1) is 11.3 Å². The third-order valence-electron chi connectivity index (χ3n) is 4.50. The van der Waals surface area contributed by atoms with E-state index >= 15 is 0 Å². The standard InChI is InChI=1S/C18H15F2N5OS/c19-18(20)4-6-25(11-15-22-5-7-27-15)14(9-18)17-23-16(24-26-17)13-3-1-2-12(8-13)10-21/h1-3,5,7-8,14H,4,6,9,11H2. The van der Waals surface area contributed by atoms with Crippen LogP contribution < -0.4 is 0 Å². The Labute approximate surface area is 158 Å². The molecule has 1 atom stereocenters. The minimum Gasteiger partial charge on any atom is -0.337 e. The number of rotatable bonds is 4. The third-order valence-corrected chi connectivity index (χ3v) is 5.26. The molecule has 1 saturated heterocycles. The SMILES string of the molecule is N#Cc1cccc(-c2noc(C3CC(F)(F)CCN3Cc3nccs3)n2)c1. The van der Waals surface area contributed by atoms with E-state index in [4.69, 9.17) is 9.78 Å². The summed E-state index contributed by atoms with van der Waals surface area (Å²) in [5.41, 5.74) is 1.08. The van der Waals surface area contributed by atoms with Crippen LogP contribution in [0.5, 0.6) is 0 Å². The smallest absolute Gasteiger partial charge is 0.251 e. The summed E-state index contributed by atoms with van der Waals surface area (Å²) in [7, 11) is 0. The van der Waals surface area contributed by atoms with Crippen molar-refractivity contribution < 1.29 is 13.3 Å². The monoisotopic (exact) mass is 387 g/mol. The van der Waals surface area contributed by atoms with Crippen molar-refractivity contribution in [3.8, 4) is 17.5 Å². The molecule has 138 valence electrons. The molecular formula is C18H15F2N5OS. The molecule has 6 nitrogen and oxygen atoms in total. The highest BCUT2D eigenvalue weighted by molar-refractivity contribution is 7.09. The van der Waals surface area contributed by atoms with Gasteiger partial charge in [-0.15, -0.1) is 11.3 Å². The second kappa shape index (κ2) is 7.13. The first kappa shape index (κ1) is 17.7. The van der Waals surface area contributed by atoms with E-state index in [1.807, 2.05) is 10.3 Å². The number of hydrogen-bond donors (Lipinski definition) is 0. The quantitative estimate of drug-likeness (QED) is 0.672. The van der Waals surface area contributed by atoms with Gasteiger partial charge in [0, 0.05) is 36.5 Å². The normalized spacial score (nSPS) is 19.7. The molecule has 0 saturated carbocycles. The first-order valence-electron chi connectivity index (χ1n) is 8.38. The molecule has 1 aromatic carbocycles. The van der Waals surface area contributed by atoms with Crippen molar-refractivity contribution in [3.05, 3.63) is 52.3 Å². The average molecular weight is 387 g/mol. The number of alkyl halides is 2. The maximum atomic E-state index is 14.1. The highest BCUT2D eigenvalue weighted by Crippen LogP contribution is 2.40. The molecule has 1 fully saturated rings. The van der Waals surface area contributed by atoms with Crippen molar-refractivity contribution >= 4 is 11.3 Å². The van der Waals surface area contributed by atoms with E-state index in [1.54, 1.807) is 30.5 Å². The van der Waals surface area contributed by atoms with Crippen LogP contribution in [-0.2, 0) is 6.54 Å². The van der Waals surface area contributed by atoms with E-state index in [-0.39, 0.29) is 31.1 Å². The van der Waals surface area contributed by atoms with E-state index in [0.717, 1.165) is 5.01 Å². The molecule has 0 bridgehead atoms. The minimum atomic E-state index is -2.78. The summed E-state index contributed by atoms with van der Waals surface area (Å²) in [6.45, 7) is 0.679. The Morgan fingerprint density at radius 2 is 2.30 bits per heavy atom. The predicted octanol–water partition coefficient (Wildman–Crippen LogP) is 4.04. The van der Waals surface area contributed by atoms with Crippen molar-refractivity contribution in [2.45, 2.75) is 31.4 Å². The van der Waals surface area contributed by atoms with E-state index in [2.05, 4.69) is 21.2 Å². The van der Waals surface area contributed by atoms with Gasteiger partial charge in [-0.1, -0.05) is 17.3 Å². The summed E-state index contributed by atoms with van der Waals surface area (Å²) in [6.07, 6.45) is 1.11. The highest BCUT2D eigenvalue weighted by atomic mass is 32.1. The van der Waals surface area contributed by atoms with Gasteiger partial charge in [-0.2, -0.15) is 10.2 Å². The van der Waals surface area contributed by atoms with Crippen molar-refractivity contribution in [3.63, 3.8) is 0 Å². The molecule has 0 spiro atoms. The fourth-order valence-electron chi connectivity index (χ4n) is 3.13. The largest absolute Gasteiger partial charge is 0.337 e. The lowest BCUT2D eigenvalue weighted by atomic mass is 9.98. The van der Waals surface area contributed by atoms with Gasteiger partial charge >= 0.3 is 0 Å². The van der Waals surface area contributed by atoms with Gasteiger partial charge in [0.1, 0.15) is 5.01 Å². The number of halogens is 2. The van der Waals surface area contributed by atoms with E-state index in [9.17, 15) is 8.78 Å². The lowest BCUT2D eigenvalue weighted by Gasteiger charge is -2.36. The second-order valence-corrected chi connectivity index (χ2v) is 7.35. The fraction of sp³-hybridized carbons (Fsp3) is 0.333. The van der Waals surface area contributed by atoms with Crippen molar-refractivity contribution in [2.24, 2.45) is 0 Å². The lowest BCUT2D eigenvalue weighted by Crippen LogP contribution is -2.41. The number of piperidine rings is 1. The van der Waals surface area contributed by atoms with Crippen LogP contribution in [0.3, 0.4) is 0 Å². The molecular weight excluding hydrogens is 372 g/mol. The summed E-state index contributed by atoms with van der Waals surface area (Å²) in [5.74, 6) is -2.34. The second-order valence-electron chi connectivity index (χ2n) is 6.37. The molecule has 3 aromatic rings. The van der Waals surface area contributed by atoms with Crippen molar-refractivity contribution in [2.75, 3.05) is 6.54 Å². The maximum absolute atomic E-state index is 14.1. The Morgan fingerprint density at radius 3 is 3.07 bits per heavy atom. The predicted molar refractivity (Wildman–Crippen MR) is 93.9 cm³/mol. The summed E-state index contributed by atoms with van der Waals surface area (Å²) in [4.78, 5) is 10.5. The van der Waals surface area contributed by atoms with Crippen LogP contribution in [0.15, 0.2) is 40.4 Å². The lowest BCUT2D eigenvalue weighted by molar-refractivity contribution is -0.0871. The Hall–Kier alpha value is -2.70. The first-order valence-corrected chi connectivity index (χ1v) is 9.26. The van der Waals surface area contributed by atoms with Gasteiger partial charge < -0.3 is 4.52 Å². The van der Waals surface area contributed by atoms with Crippen LogP contribution in [0.4, 0.5) is 8.78 Å². The van der Waals surface area contributed by atoms with Crippen LogP contribution in [0.25, 0.3) is 11.4 Å². The Bertz CT molecular complexity index is 966. The highest BCUT2D eigenvalue weighted by Gasteiger charge is 2.43. The number of hydrogen-bond acceptors (Lipinski definition) is 7. The van der Waals surface area contributed by atoms with Gasteiger partial charge in [-0.3, -0.25) is 4.90 Å². The van der Waals surface area contributed by atoms with E-state index < -0.39 is 12.0 Å². The molecule has 9 heteroatoms. The Kier molecular flexibility index (Phi) is 4.68. The summed E-state index contributed by atoms with van der Waals surface area (Å²) in [6, 6.07) is 8.14. The summed E-state index contributed by atoms with van der Waals surface area (Å²) < 4.78 is 33.4. The number of thiazole rings is 1. The van der Waals surface area contributed by atoms with Crippen LogP contribution >= 0.6 is 11.3 Å². The molecule has 2 aromatic heterocycles. The van der Waals surface area contributed by atoms with E-state index in [0.29, 0.717) is 17.7 Å². The number of aromatic nitrogens is 3. The summed E-state index contributed by atoms with van der Waals surface area (Å²) in [5, 5.41) is 15.7. The average Bonchev–Trinajstić information content (AvgIpc) is 3.35. The van der Waals surface area contributed by atoms with Gasteiger partial charge in [-0.25, -0.2) is 13.8 Å². The van der Waals surface area contributed by atoms with Crippen LogP contribution in [0.2, 0.25) is 0 Å². The first-order chi connectivity index (χ1) is 13.0. The molecule has 1 aliphatic rings. The van der Waals surface area contributed by atoms with Gasteiger partial charge in [0.2, 0.25) is 11.7 Å². The van der Waals surface area contributed by atoms with Gasteiger partial charge in [0.15, 0.2) is 0 Å². The molecule has 4 rings (SSSR count). The van der Waals surface area contributed by atoms with Gasteiger partial charge in [0.05, 0.1) is 24.2 Å². The zero-order valence-corrected chi connectivity index (χ0v) is 15.0. The number of likely N-dealkylation sites (tertiary alicyclic amines) is 1. The van der Waals surface area contributed by atoms with Gasteiger partial charge in [0.25, 0.3) is 5.92 Å². The molecule has 0 amide bonds. The number of benzene rings is 1. The Balaban J connectivity index is 1.62. The number of nitriles is 1. The topological polar surface area (TPSA) is 78.8 Å². The zero-order valence-electron chi connectivity index (χ0n) is 14.2. The number of nitrogens with zero attached hydrogens (tertiary/aromatic N) is 5. The molecule has 0 radical (unpaired) electrons. The molecule has 1 aliphatic heterocycles. The van der Waals surface area contributed by atoms with Gasteiger partial charge in [-0.05, 0) is 12.1 Å². The van der Waals surface area contributed by atoms with Crippen molar-refractivity contribution in [1.29, 1.82) is 5.26 Å². The molecule has 0 aliphatic carbocycles. The zero-order chi connectivity index (χ0) is 18.9. The molecule has 1 unspecified atom stereocenters. The summed E-state index contributed by atoms with van der Waals surface area (Å²) >= 11 is 1.48. The fourth-order valence-corrected chi connectivity index (χ4v) is 3.77. The van der Waals surface area contributed by atoms with Crippen LogP contribution in [-0.4, -0.2) is 32.5 Å². The van der Waals surface area contributed by atoms with Crippen LogP contribution in [0.1, 0.15) is 35.3 Å². The molecule has 27 heavy (non-hydrogen) atoms. The molecule has 3 heterocycles. The third kappa shape index (κ3) is 3.86. The minimum absolute atomic E-state index is 0.156. The van der Waals surface area contributed by atoms with E-state index in [1.165, 1.54) is 11.3 Å². The Morgan fingerprint density at radius 1 is 1.41 bits per heavy atom. The maximum Gasteiger partial charge on any atom is 0.251 e. The van der Waals surface area contributed by atoms with Crippen molar-refractivity contribution in [1.82, 2.24) is 20.0 Å².